The number of hydrogen-bond donors (Lipinski definition) is 0. The third kappa shape index (κ3) is 67.4. The van der Waals surface area contributed by atoms with E-state index in [9.17, 15) is 14.4 Å². The highest BCUT2D eigenvalue weighted by Crippen LogP contribution is 2.18. The van der Waals surface area contributed by atoms with Crippen LogP contribution >= 0.6 is 0 Å². The minimum Gasteiger partial charge on any atom is -0.462 e. The highest BCUT2D eigenvalue weighted by Gasteiger charge is 2.19. The molecule has 0 saturated heterocycles. The van der Waals surface area contributed by atoms with Gasteiger partial charge in [0.05, 0.1) is 0 Å². The van der Waals surface area contributed by atoms with Crippen LogP contribution < -0.4 is 0 Å². The van der Waals surface area contributed by atoms with Crippen molar-refractivity contribution >= 4 is 17.9 Å². The lowest BCUT2D eigenvalue weighted by Crippen LogP contribution is -2.30. The van der Waals surface area contributed by atoms with Gasteiger partial charge in [-0.25, -0.2) is 0 Å². The molecule has 6 nitrogen and oxygen atoms in total. The first-order valence-corrected chi connectivity index (χ1v) is 35.6. The highest BCUT2D eigenvalue weighted by atomic mass is 16.6. The number of ether oxygens (including phenoxy) is 3. The quantitative estimate of drug-likeness (QED) is 0.0261. The molecule has 0 fully saturated rings. The molecule has 6 heteroatoms. The average molecular weight is 1140 g/mol. The number of allylic oxidation sites excluding steroid dienone is 14. The number of carbonyl (C=O) groups is 3. The van der Waals surface area contributed by atoms with Gasteiger partial charge >= 0.3 is 17.9 Å². The summed E-state index contributed by atoms with van der Waals surface area (Å²) in [4.78, 5) is 38.4. The van der Waals surface area contributed by atoms with Gasteiger partial charge in [-0.15, -0.1) is 0 Å². The zero-order valence-corrected chi connectivity index (χ0v) is 54.5. The third-order valence-electron chi connectivity index (χ3n) is 15.6. The van der Waals surface area contributed by atoms with Crippen LogP contribution in [-0.2, 0) is 28.6 Å². The van der Waals surface area contributed by atoms with E-state index >= 15 is 0 Å². The van der Waals surface area contributed by atoms with Gasteiger partial charge in [-0.1, -0.05) is 331 Å². The molecule has 0 amide bonds. The zero-order chi connectivity index (χ0) is 59.2. The fraction of sp³-hybridized carbons (Fsp3) is 0.776. The van der Waals surface area contributed by atoms with Crippen LogP contribution in [0.2, 0.25) is 0 Å². The van der Waals surface area contributed by atoms with Crippen LogP contribution in [0.25, 0.3) is 0 Å². The van der Waals surface area contributed by atoms with E-state index in [-0.39, 0.29) is 31.1 Å². The van der Waals surface area contributed by atoms with E-state index in [1.807, 2.05) is 0 Å². The lowest BCUT2D eigenvalue weighted by atomic mass is 10.0. The Morgan fingerprint density at radius 3 is 0.756 bits per heavy atom. The van der Waals surface area contributed by atoms with Crippen molar-refractivity contribution in [2.45, 2.75) is 367 Å². The Bertz CT molecular complexity index is 1550. The van der Waals surface area contributed by atoms with Crippen LogP contribution in [0.5, 0.6) is 0 Å². The van der Waals surface area contributed by atoms with Crippen LogP contribution in [-0.4, -0.2) is 37.2 Å². The Morgan fingerprint density at radius 2 is 0.476 bits per heavy atom. The molecule has 1 unspecified atom stereocenters. The summed E-state index contributed by atoms with van der Waals surface area (Å²) in [6, 6.07) is 0. The van der Waals surface area contributed by atoms with Crippen molar-refractivity contribution in [3.8, 4) is 0 Å². The van der Waals surface area contributed by atoms with E-state index < -0.39 is 6.10 Å². The van der Waals surface area contributed by atoms with Crippen LogP contribution in [0, 0.1) is 0 Å². The maximum atomic E-state index is 12.9. The standard InChI is InChI=1S/C76H134O6/c1-4-7-10-13-16-19-22-25-28-30-32-33-34-35-36-37-38-39-40-41-42-43-44-46-48-51-54-57-60-63-66-69-75(78)81-72-73(71-80-74(77)68-65-62-59-56-53-50-47-27-24-21-18-15-12-9-6-3)82-76(79)70-67-64-61-58-55-52-49-45-31-29-26-23-20-17-14-11-8-5-2/h7,10,16,19,25,27-28,32-33,35-36,38-39,47,73H,4-6,8-9,11-15,17-18,20-24,26,29-31,34,37,40-46,48-72H2,1-3H3/b10-7-,19-16-,28-25-,33-32-,36-35-,39-38-,47-27-. The van der Waals surface area contributed by atoms with E-state index in [0.29, 0.717) is 19.3 Å². The van der Waals surface area contributed by atoms with Gasteiger partial charge in [0.25, 0.3) is 0 Å². The first-order chi connectivity index (χ1) is 40.5. The summed E-state index contributed by atoms with van der Waals surface area (Å²) in [6.07, 6.45) is 93.2. The largest absolute Gasteiger partial charge is 0.462 e. The molecule has 82 heavy (non-hydrogen) atoms. The molecule has 0 heterocycles. The zero-order valence-electron chi connectivity index (χ0n) is 54.5. The van der Waals surface area contributed by atoms with E-state index in [2.05, 4.69) is 106 Å². The Labute approximate surface area is 509 Å². The second-order valence-corrected chi connectivity index (χ2v) is 23.8. The van der Waals surface area contributed by atoms with Crippen molar-refractivity contribution in [2.75, 3.05) is 13.2 Å². The van der Waals surface area contributed by atoms with Gasteiger partial charge in [0.2, 0.25) is 0 Å². The smallest absolute Gasteiger partial charge is 0.306 e. The second kappa shape index (κ2) is 70.1. The molecule has 0 aliphatic heterocycles. The minimum atomic E-state index is -0.779. The lowest BCUT2D eigenvalue weighted by molar-refractivity contribution is -0.167. The average Bonchev–Trinajstić information content (AvgIpc) is 3.47. The SMILES string of the molecule is CC/C=C\C/C=C\C/C=C\C/C=C\C/C=C\C/C=C\CCCCCCCCCCCCCCC(=O)OCC(COC(=O)CCCCCCC/C=C\CCCCCCCC)OC(=O)CCCCCCCCCCCCCCCCCCCC. The van der Waals surface area contributed by atoms with E-state index in [1.54, 1.807) is 0 Å². The molecule has 0 aliphatic carbocycles. The Balaban J connectivity index is 4.26. The van der Waals surface area contributed by atoms with Crippen molar-refractivity contribution < 1.29 is 28.6 Å². The fourth-order valence-electron chi connectivity index (χ4n) is 10.3. The molecule has 0 N–H and O–H groups in total. The fourth-order valence-corrected chi connectivity index (χ4v) is 10.3. The summed E-state index contributed by atoms with van der Waals surface area (Å²) in [6.45, 7) is 6.57. The summed E-state index contributed by atoms with van der Waals surface area (Å²) in [5.41, 5.74) is 0. The van der Waals surface area contributed by atoms with E-state index in [1.165, 1.54) is 218 Å². The Hall–Kier alpha value is -3.41. The highest BCUT2D eigenvalue weighted by molar-refractivity contribution is 5.71. The van der Waals surface area contributed by atoms with Crippen molar-refractivity contribution in [3.05, 3.63) is 85.1 Å². The molecule has 0 aromatic rings. The van der Waals surface area contributed by atoms with Crippen LogP contribution in [0.1, 0.15) is 361 Å². The topological polar surface area (TPSA) is 78.9 Å². The molecule has 0 spiro atoms. The molecular formula is C76H134O6. The number of unbranched alkanes of at least 4 members (excludes halogenated alkanes) is 40. The number of esters is 3. The summed E-state index contributed by atoms with van der Waals surface area (Å²) in [7, 11) is 0. The summed E-state index contributed by atoms with van der Waals surface area (Å²) >= 11 is 0. The molecular weight excluding hydrogens is 1010 g/mol. The molecule has 0 rings (SSSR count). The maximum Gasteiger partial charge on any atom is 0.306 e. The van der Waals surface area contributed by atoms with Gasteiger partial charge in [0.1, 0.15) is 13.2 Å². The molecule has 0 radical (unpaired) electrons. The van der Waals surface area contributed by atoms with Crippen molar-refractivity contribution in [2.24, 2.45) is 0 Å². The van der Waals surface area contributed by atoms with Crippen LogP contribution in [0.3, 0.4) is 0 Å². The Morgan fingerprint density at radius 1 is 0.256 bits per heavy atom. The number of carbonyl (C=O) groups excluding carboxylic acids is 3. The van der Waals surface area contributed by atoms with E-state index in [0.717, 1.165) is 103 Å². The molecule has 0 bridgehead atoms. The maximum absolute atomic E-state index is 12.9. The number of rotatable bonds is 65. The molecule has 1 atom stereocenters. The molecule has 0 aliphatic rings. The van der Waals surface area contributed by atoms with Crippen molar-refractivity contribution in [1.29, 1.82) is 0 Å². The first kappa shape index (κ1) is 78.6. The summed E-state index contributed by atoms with van der Waals surface area (Å²) in [5.74, 6) is -0.864. The molecule has 0 aromatic heterocycles. The normalized spacial score (nSPS) is 12.6. The van der Waals surface area contributed by atoms with Gasteiger partial charge in [-0.2, -0.15) is 0 Å². The van der Waals surface area contributed by atoms with Gasteiger partial charge in [0.15, 0.2) is 6.10 Å². The van der Waals surface area contributed by atoms with Gasteiger partial charge in [-0.05, 0) is 96.3 Å². The van der Waals surface area contributed by atoms with Gasteiger partial charge in [-0.3, -0.25) is 14.4 Å². The van der Waals surface area contributed by atoms with Crippen LogP contribution in [0.15, 0.2) is 85.1 Å². The molecule has 474 valence electrons. The van der Waals surface area contributed by atoms with Gasteiger partial charge in [0, 0.05) is 19.3 Å². The van der Waals surface area contributed by atoms with Crippen molar-refractivity contribution in [3.63, 3.8) is 0 Å². The predicted molar refractivity (Wildman–Crippen MR) is 358 cm³/mol. The Kier molecular flexibility index (Phi) is 67.2. The first-order valence-electron chi connectivity index (χ1n) is 35.6. The minimum absolute atomic E-state index is 0.0755. The monoisotopic (exact) mass is 1140 g/mol. The predicted octanol–water partition coefficient (Wildman–Crippen LogP) is 24.6. The third-order valence-corrected chi connectivity index (χ3v) is 15.6. The van der Waals surface area contributed by atoms with Crippen molar-refractivity contribution in [1.82, 2.24) is 0 Å². The van der Waals surface area contributed by atoms with Gasteiger partial charge < -0.3 is 14.2 Å². The second-order valence-electron chi connectivity index (χ2n) is 23.8. The summed E-state index contributed by atoms with van der Waals surface area (Å²) < 4.78 is 17.0. The number of hydrogen-bond acceptors (Lipinski definition) is 6. The van der Waals surface area contributed by atoms with Crippen LogP contribution in [0.4, 0.5) is 0 Å². The molecule has 0 aromatic carbocycles. The van der Waals surface area contributed by atoms with E-state index in [4.69, 9.17) is 14.2 Å². The summed E-state index contributed by atoms with van der Waals surface area (Å²) in [5, 5.41) is 0. The lowest BCUT2D eigenvalue weighted by Gasteiger charge is -2.18. The molecule has 0 saturated carbocycles.